The van der Waals surface area contributed by atoms with Crippen molar-refractivity contribution in [2.75, 3.05) is 12.4 Å². The predicted octanol–water partition coefficient (Wildman–Crippen LogP) is 2.08. The molecule has 1 atom stereocenters. The largest absolute Gasteiger partial charge is 0.464 e. The first kappa shape index (κ1) is 15.3. The Morgan fingerprint density at radius 1 is 1.11 bits per heavy atom. The lowest BCUT2D eigenvalue weighted by atomic mass is 10.1. The van der Waals surface area contributed by atoms with Gasteiger partial charge in [0.15, 0.2) is 0 Å². The van der Waals surface area contributed by atoms with Crippen LogP contribution in [0.5, 0.6) is 0 Å². The van der Waals surface area contributed by atoms with Gasteiger partial charge >= 0.3 is 5.97 Å². The number of hydrogen-bond acceptors (Lipinski definition) is 4. The number of cyclic esters (lactones) is 1. The molecular formula is C13H23NO3S. The lowest BCUT2D eigenvalue weighted by Crippen LogP contribution is -2.42. The minimum atomic E-state index is -0.532. The van der Waals surface area contributed by atoms with Gasteiger partial charge in [-0.3, -0.25) is 4.79 Å². The van der Waals surface area contributed by atoms with Crippen LogP contribution in [0.25, 0.3) is 0 Å². The van der Waals surface area contributed by atoms with Gasteiger partial charge in [-0.2, -0.15) is 12.6 Å². The van der Waals surface area contributed by atoms with E-state index in [2.05, 4.69) is 17.9 Å². The second kappa shape index (κ2) is 9.25. The van der Waals surface area contributed by atoms with Crippen LogP contribution < -0.4 is 5.32 Å². The fourth-order valence-electron chi connectivity index (χ4n) is 2.01. The first-order valence-electron chi connectivity index (χ1n) is 6.81. The van der Waals surface area contributed by atoms with E-state index >= 15 is 0 Å². The van der Waals surface area contributed by atoms with Crippen molar-refractivity contribution in [3.05, 3.63) is 0 Å². The summed E-state index contributed by atoms with van der Waals surface area (Å²) in [6.07, 6.45) is 7.30. The molecule has 0 aliphatic carbocycles. The van der Waals surface area contributed by atoms with E-state index in [0.717, 1.165) is 38.5 Å². The molecule has 0 bridgehead atoms. The van der Waals surface area contributed by atoms with Gasteiger partial charge < -0.3 is 10.1 Å². The van der Waals surface area contributed by atoms with Crippen LogP contribution in [0.4, 0.5) is 0 Å². The van der Waals surface area contributed by atoms with Crippen LogP contribution in [0, 0.1) is 0 Å². The van der Waals surface area contributed by atoms with Crippen LogP contribution in [0.15, 0.2) is 0 Å². The van der Waals surface area contributed by atoms with Crippen LogP contribution >= 0.6 is 12.6 Å². The summed E-state index contributed by atoms with van der Waals surface area (Å²) in [5.41, 5.74) is 0. The minimum absolute atomic E-state index is 0.0574. The van der Waals surface area contributed by atoms with E-state index in [1.807, 2.05) is 0 Å². The third-order valence-corrected chi connectivity index (χ3v) is 3.34. The Balaban J connectivity index is 2.51. The number of carbonyl (C=O) groups is 2. The molecule has 1 saturated heterocycles. The number of amides is 1. The zero-order valence-electron chi connectivity index (χ0n) is 10.8. The standard InChI is InChI=1S/C13H23NO3S/c15-12-7-5-3-1-2-4-6-9-17-13(16)11(14-12)8-10-18/h11,18H,1-10H2,(H,14,15)/t11-/m0/s1. The van der Waals surface area contributed by atoms with E-state index in [1.165, 1.54) is 0 Å². The highest BCUT2D eigenvalue weighted by atomic mass is 32.1. The number of esters is 1. The smallest absolute Gasteiger partial charge is 0.328 e. The number of ether oxygens (including phenoxy) is 1. The van der Waals surface area contributed by atoms with Gasteiger partial charge in [0.2, 0.25) is 5.91 Å². The van der Waals surface area contributed by atoms with Gasteiger partial charge in [0.1, 0.15) is 6.04 Å². The molecule has 1 aliphatic rings. The van der Waals surface area contributed by atoms with Crippen LogP contribution in [0.1, 0.15) is 51.4 Å². The zero-order chi connectivity index (χ0) is 13.2. The zero-order valence-corrected chi connectivity index (χ0v) is 11.7. The maximum absolute atomic E-state index is 11.8. The van der Waals surface area contributed by atoms with E-state index in [9.17, 15) is 9.59 Å². The lowest BCUT2D eigenvalue weighted by molar-refractivity contribution is -0.148. The molecule has 1 aliphatic heterocycles. The molecule has 0 radical (unpaired) electrons. The summed E-state index contributed by atoms with van der Waals surface area (Å²) in [4.78, 5) is 23.5. The van der Waals surface area contributed by atoms with Crippen molar-refractivity contribution in [2.45, 2.75) is 57.4 Å². The molecule has 1 N–H and O–H groups in total. The topological polar surface area (TPSA) is 55.4 Å². The average Bonchev–Trinajstić information content (AvgIpc) is 2.36. The summed E-state index contributed by atoms with van der Waals surface area (Å²) in [7, 11) is 0. The van der Waals surface area contributed by atoms with Crippen molar-refractivity contribution in [3.8, 4) is 0 Å². The molecule has 104 valence electrons. The Morgan fingerprint density at radius 2 is 1.78 bits per heavy atom. The van der Waals surface area contributed by atoms with Crippen LogP contribution in [-0.4, -0.2) is 30.3 Å². The first-order chi connectivity index (χ1) is 8.74. The van der Waals surface area contributed by atoms with Crippen molar-refractivity contribution in [2.24, 2.45) is 0 Å². The normalized spacial score (nSPS) is 24.2. The Labute approximate surface area is 114 Å². The van der Waals surface area contributed by atoms with Crippen molar-refractivity contribution in [3.63, 3.8) is 0 Å². The molecule has 0 saturated carbocycles. The van der Waals surface area contributed by atoms with Gasteiger partial charge in [0.05, 0.1) is 6.61 Å². The summed E-state index contributed by atoms with van der Waals surface area (Å²) in [5.74, 6) is 0.176. The Kier molecular flexibility index (Phi) is 7.89. The summed E-state index contributed by atoms with van der Waals surface area (Å²) >= 11 is 4.11. The van der Waals surface area contributed by atoms with Crippen LogP contribution in [0.2, 0.25) is 0 Å². The summed E-state index contributed by atoms with van der Waals surface area (Å²) in [5, 5.41) is 2.74. The maximum Gasteiger partial charge on any atom is 0.328 e. The Hall–Kier alpha value is -0.710. The number of carbonyl (C=O) groups excluding carboxylic acids is 2. The molecule has 1 amide bonds. The molecule has 0 unspecified atom stereocenters. The number of rotatable bonds is 2. The highest BCUT2D eigenvalue weighted by Crippen LogP contribution is 2.09. The van der Waals surface area contributed by atoms with Crippen LogP contribution in [-0.2, 0) is 14.3 Å². The van der Waals surface area contributed by atoms with E-state index in [-0.39, 0.29) is 11.9 Å². The second-order valence-corrected chi connectivity index (χ2v) is 5.12. The molecule has 18 heavy (non-hydrogen) atoms. The van der Waals surface area contributed by atoms with Crippen molar-refractivity contribution >= 4 is 24.5 Å². The quantitative estimate of drug-likeness (QED) is 0.598. The average molecular weight is 273 g/mol. The van der Waals surface area contributed by atoms with E-state index in [4.69, 9.17) is 4.74 Å². The molecule has 0 aromatic rings. The number of nitrogens with one attached hydrogen (secondary N) is 1. The van der Waals surface area contributed by atoms with E-state index in [1.54, 1.807) is 0 Å². The van der Waals surface area contributed by atoms with E-state index < -0.39 is 6.04 Å². The molecule has 1 heterocycles. The van der Waals surface area contributed by atoms with Crippen molar-refractivity contribution < 1.29 is 14.3 Å². The number of thiol groups is 1. The molecule has 4 nitrogen and oxygen atoms in total. The minimum Gasteiger partial charge on any atom is -0.464 e. The molecule has 1 rings (SSSR count). The third kappa shape index (κ3) is 6.28. The van der Waals surface area contributed by atoms with Gasteiger partial charge in [-0.25, -0.2) is 4.79 Å². The fourth-order valence-corrected chi connectivity index (χ4v) is 2.27. The summed E-state index contributed by atoms with van der Waals surface area (Å²) in [6.45, 7) is 0.456. The third-order valence-electron chi connectivity index (χ3n) is 3.08. The highest BCUT2D eigenvalue weighted by Gasteiger charge is 2.21. The van der Waals surface area contributed by atoms with Crippen LogP contribution in [0.3, 0.4) is 0 Å². The predicted molar refractivity (Wildman–Crippen MR) is 73.7 cm³/mol. The van der Waals surface area contributed by atoms with Gasteiger partial charge in [-0.1, -0.05) is 25.7 Å². The summed E-state index contributed by atoms with van der Waals surface area (Å²) in [6, 6.07) is -0.532. The molecule has 5 heteroatoms. The molecule has 0 aromatic carbocycles. The first-order valence-corrected chi connectivity index (χ1v) is 7.44. The lowest BCUT2D eigenvalue weighted by Gasteiger charge is -2.16. The Bertz CT molecular complexity index is 271. The van der Waals surface area contributed by atoms with Gasteiger partial charge in [-0.05, 0) is 25.0 Å². The van der Waals surface area contributed by atoms with Gasteiger partial charge in [0, 0.05) is 6.42 Å². The fraction of sp³-hybridized carbons (Fsp3) is 0.846. The van der Waals surface area contributed by atoms with Crippen molar-refractivity contribution in [1.82, 2.24) is 5.32 Å². The summed E-state index contributed by atoms with van der Waals surface area (Å²) < 4.78 is 5.18. The van der Waals surface area contributed by atoms with Gasteiger partial charge in [-0.15, -0.1) is 0 Å². The number of hydrogen-bond donors (Lipinski definition) is 2. The second-order valence-electron chi connectivity index (χ2n) is 4.67. The molecule has 0 aromatic heterocycles. The monoisotopic (exact) mass is 273 g/mol. The SMILES string of the molecule is O=C1CCCCCCCCOC(=O)[C@H](CCS)N1. The molecular weight excluding hydrogens is 250 g/mol. The van der Waals surface area contributed by atoms with Gasteiger partial charge in [0.25, 0.3) is 0 Å². The highest BCUT2D eigenvalue weighted by molar-refractivity contribution is 7.80. The van der Waals surface area contributed by atoms with E-state index in [0.29, 0.717) is 25.2 Å². The maximum atomic E-state index is 11.8. The Morgan fingerprint density at radius 3 is 2.50 bits per heavy atom. The van der Waals surface area contributed by atoms with Crippen molar-refractivity contribution in [1.29, 1.82) is 0 Å². The molecule has 1 fully saturated rings. The molecule has 0 spiro atoms.